The van der Waals surface area contributed by atoms with E-state index in [0.717, 1.165) is 54.5 Å². The first kappa shape index (κ1) is 23.3. The fraction of sp³-hybridized carbons (Fsp3) is 0.259. The van der Waals surface area contributed by atoms with Gasteiger partial charge < -0.3 is 24.4 Å². The summed E-state index contributed by atoms with van der Waals surface area (Å²) < 4.78 is 16.7. The van der Waals surface area contributed by atoms with Crippen LogP contribution in [-0.4, -0.2) is 52.1 Å². The first-order valence-electron chi connectivity index (χ1n) is 11.3. The summed E-state index contributed by atoms with van der Waals surface area (Å²) in [5.41, 5.74) is 4.55. The van der Waals surface area contributed by atoms with Gasteiger partial charge in [0.05, 0.1) is 26.0 Å². The Labute approximate surface area is 200 Å². The van der Waals surface area contributed by atoms with Crippen LogP contribution in [0.2, 0.25) is 0 Å². The van der Waals surface area contributed by atoms with Gasteiger partial charge in [0.1, 0.15) is 0 Å². The van der Waals surface area contributed by atoms with Gasteiger partial charge in [-0.1, -0.05) is 23.8 Å². The average molecular weight is 460 g/mol. The molecular formula is C27H29N3O4. The molecule has 1 saturated heterocycles. The molecular weight excluding hydrogens is 430 g/mol. The fourth-order valence-corrected chi connectivity index (χ4v) is 3.64. The molecule has 7 heteroatoms. The van der Waals surface area contributed by atoms with E-state index in [1.165, 1.54) is 0 Å². The van der Waals surface area contributed by atoms with Crippen molar-refractivity contribution in [3.05, 3.63) is 77.9 Å². The van der Waals surface area contributed by atoms with E-state index in [1.54, 1.807) is 19.4 Å². The zero-order chi connectivity index (χ0) is 23.8. The molecule has 7 nitrogen and oxygen atoms in total. The minimum atomic E-state index is -0.253. The Balaban J connectivity index is 1.43. The van der Waals surface area contributed by atoms with Crippen molar-refractivity contribution in [3.63, 3.8) is 0 Å². The number of hydrogen-bond donors (Lipinski definition) is 1. The topological polar surface area (TPSA) is 72.4 Å². The smallest absolute Gasteiger partial charge is 0.262 e. The number of carbonyl (C=O) groups excluding carboxylic acids is 1. The van der Waals surface area contributed by atoms with Crippen molar-refractivity contribution in [1.29, 1.82) is 0 Å². The number of benzene rings is 3. The number of hydrogen-bond acceptors (Lipinski definition) is 6. The summed E-state index contributed by atoms with van der Waals surface area (Å²) in [6.07, 6.45) is 1.72. The van der Waals surface area contributed by atoms with Crippen LogP contribution < -0.4 is 19.7 Å². The molecule has 176 valence electrons. The lowest BCUT2D eigenvalue weighted by molar-refractivity contribution is -0.118. The molecule has 1 amide bonds. The van der Waals surface area contributed by atoms with E-state index in [1.807, 2.05) is 55.5 Å². The van der Waals surface area contributed by atoms with E-state index in [2.05, 4.69) is 27.3 Å². The Hall–Kier alpha value is -3.84. The number of carbonyl (C=O) groups is 1. The van der Waals surface area contributed by atoms with Crippen LogP contribution in [0.25, 0.3) is 0 Å². The van der Waals surface area contributed by atoms with Crippen LogP contribution in [0.15, 0.2) is 71.7 Å². The third-order valence-electron chi connectivity index (χ3n) is 5.49. The minimum absolute atomic E-state index is 0.149. The number of amides is 1. The summed E-state index contributed by atoms with van der Waals surface area (Å²) >= 11 is 0. The largest absolute Gasteiger partial charge is 0.493 e. The van der Waals surface area contributed by atoms with E-state index in [-0.39, 0.29) is 12.5 Å². The van der Waals surface area contributed by atoms with E-state index >= 15 is 0 Å². The standard InChI is InChI=1S/C27H29N3O4/c1-20-6-8-23(9-7-20)29-26(31)19-34-27-21(4-3-5-25(27)32-2)18-28-22-10-12-24(13-11-22)30-14-16-33-17-15-30/h3-13,18H,14-17,19H2,1-2H3,(H,29,31). The molecule has 0 aromatic heterocycles. The molecule has 3 aromatic carbocycles. The van der Waals surface area contributed by atoms with E-state index in [4.69, 9.17) is 14.2 Å². The van der Waals surface area contributed by atoms with Crippen LogP contribution in [0, 0.1) is 6.92 Å². The predicted molar refractivity (Wildman–Crippen MR) is 135 cm³/mol. The Morgan fingerprint density at radius 2 is 1.79 bits per heavy atom. The number of nitrogens with zero attached hydrogens (tertiary/aromatic N) is 2. The summed E-state index contributed by atoms with van der Waals surface area (Å²) in [6.45, 7) is 5.14. The van der Waals surface area contributed by atoms with Crippen LogP contribution >= 0.6 is 0 Å². The molecule has 0 spiro atoms. The number of aliphatic imine (C=N–C) groups is 1. The lowest BCUT2D eigenvalue weighted by atomic mass is 10.2. The van der Waals surface area contributed by atoms with Gasteiger partial charge in [0.25, 0.3) is 5.91 Å². The quantitative estimate of drug-likeness (QED) is 0.498. The molecule has 1 aliphatic rings. The number of nitrogens with one attached hydrogen (secondary N) is 1. The Kier molecular flexibility index (Phi) is 7.78. The molecule has 1 aliphatic heterocycles. The van der Waals surface area contributed by atoms with Gasteiger partial charge in [-0.2, -0.15) is 0 Å². The second kappa shape index (κ2) is 11.3. The summed E-state index contributed by atoms with van der Waals surface area (Å²) in [5, 5.41) is 2.84. The minimum Gasteiger partial charge on any atom is -0.493 e. The zero-order valence-corrected chi connectivity index (χ0v) is 19.5. The summed E-state index contributed by atoms with van der Waals surface area (Å²) in [5.74, 6) is 0.754. The highest BCUT2D eigenvalue weighted by molar-refractivity contribution is 5.92. The van der Waals surface area contributed by atoms with Crippen molar-refractivity contribution >= 4 is 29.2 Å². The van der Waals surface area contributed by atoms with Crippen molar-refractivity contribution < 1.29 is 19.0 Å². The SMILES string of the molecule is COc1cccc(C=Nc2ccc(N3CCOCC3)cc2)c1OCC(=O)Nc1ccc(C)cc1. The molecule has 1 N–H and O–H groups in total. The fourth-order valence-electron chi connectivity index (χ4n) is 3.64. The van der Waals surface area contributed by atoms with Crippen LogP contribution in [0.3, 0.4) is 0 Å². The molecule has 0 atom stereocenters. The van der Waals surface area contributed by atoms with Crippen LogP contribution in [0.4, 0.5) is 17.1 Å². The number of para-hydroxylation sites is 1. The lowest BCUT2D eigenvalue weighted by Gasteiger charge is -2.28. The third kappa shape index (κ3) is 6.14. The zero-order valence-electron chi connectivity index (χ0n) is 19.5. The van der Waals surface area contributed by atoms with Crippen LogP contribution in [0.5, 0.6) is 11.5 Å². The molecule has 0 bridgehead atoms. The molecule has 0 radical (unpaired) electrons. The van der Waals surface area contributed by atoms with Gasteiger partial charge in [0, 0.05) is 36.2 Å². The van der Waals surface area contributed by atoms with Gasteiger partial charge in [0.15, 0.2) is 18.1 Å². The maximum absolute atomic E-state index is 12.4. The highest BCUT2D eigenvalue weighted by Gasteiger charge is 2.13. The Morgan fingerprint density at radius 3 is 2.50 bits per heavy atom. The van der Waals surface area contributed by atoms with Crippen molar-refractivity contribution in [2.24, 2.45) is 4.99 Å². The molecule has 34 heavy (non-hydrogen) atoms. The number of aryl methyl sites for hydroxylation is 1. The maximum atomic E-state index is 12.4. The van der Waals surface area contributed by atoms with Gasteiger partial charge in [-0.25, -0.2) is 0 Å². The van der Waals surface area contributed by atoms with Crippen molar-refractivity contribution in [3.8, 4) is 11.5 Å². The van der Waals surface area contributed by atoms with Crippen molar-refractivity contribution in [1.82, 2.24) is 0 Å². The normalized spacial score (nSPS) is 13.6. The second-order valence-electron chi connectivity index (χ2n) is 7.96. The molecule has 1 heterocycles. The Morgan fingerprint density at radius 1 is 1.06 bits per heavy atom. The first-order valence-corrected chi connectivity index (χ1v) is 11.3. The van der Waals surface area contributed by atoms with Crippen LogP contribution in [-0.2, 0) is 9.53 Å². The average Bonchev–Trinajstić information content (AvgIpc) is 2.88. The molecule has 1 fully saturated rings. The highest BCUT2D eigenvalue weighted by atomic mass is 16.5. The monoisotopic (exact) mass is 459 g/mol. The summed E-state index contributed by atoms with van der Waals surface area (Å²) in [4.78, 5) is 19.3. The maximum Gasteiger partial charge on any atom is 0.262 e. The molecule has 4 rings (SSSR count). The van der Waals surface area contributed by atoms with Gasteiger partial charge in [-0.05, 0) is 55.5 Å². The van der Waals surface area contributed by atoms with Gasteiger partial charge in [-0.15, -0.1) is 0 Å². The van der Waals surface area contributed by atoms with Gasteiger partial charge in [0.2, 0.25) is 0 Å². The highest BCUT2D eigenvalue weighted by Crippen LogP contribution is 2.31. The van der Waals surface area contributed by atoms with E-state index < -0.39 is 0 Å². The molecule has 0 unspecified atom stereocenters. The third-order valence-corrected chi connectivity index (χ3v) is 5.49. The number of morpholine rings is 1. The number of methoxy groups -OCH3 is 1. The van der Waals surface area contributed by atoms with Gasteiger partial charge in [-0.3, -0.25) is 9.79 Å². The number of rotatable bonds is 8. The van der Waals surface area contributed by atoms with Crippen molar-refractivity contribution in [2.75, 3.05) is 50.2 Å². The predicted octanol–water partition coefficient (Wildman–Crippen LogP) is 4.61. The summed E-state index contributed by atoms with van der Waals surface area (Å²) in [7, 11) is 1.57. The first-order chi connectivity index (χ1) is 16.6. The number of ether oxygens (including phenoxy) is 3. The van der Waals surface area contributed by atoms with E-state index in [9.17, 15) is 4.79 Å². The molecule has 0 saturated carbocycles. The number of anilines is 2. The van der Waals surface area contributed by atoms with Gasteiger partial charge >= 0.3 is 0 Å². The molecule has 0 aliphatic carbocycles. The van der Waals surface area contributed by atoms with Crippen molar-refractivity contribution in [2.45, 2.75) is 6.92 Å². The Bertz CT molecular complexity index is 1120. The summed E-state index contributed by atoms with van der Waals surface area (Å²) in [6, 6.07) is 21.2. The molecule has 3 aromatic rings. The second-order valence-corrected chi connectivity index (χ2v) is 7.96. The van der Waals surface area contributed by atoms with E-state index in [0.29, 0.717) is 11.5 Å². The van der Waals surface area contributed by atoms with Crippen LogP contribution in [0.1, 0.15) is 11.1 Å². The lowest BCUT2D eigenvalue weighted by Crippen LogP contribution is -2.36.